The monoisotopic (exact) mass is 581 g/mol. The normalized spacial score (nSPS) is 16.2. The molecule has 0 saturated carbocycles. The second-order valence-corrected chi connectivity index (χ2v) is 11.7. The van der Waals surface area contributed by atoms with Gasteiger partial charge in [0.15, 0.2) is 0 Å². The molecule has 0 spiro atoms. The standard InChI is InChI=1S/C30H36FN7O2.ClH/c1-29(2)11-6-12-30(3,4)38(29)16-14-32-27(39)21-7-8-22(31)23(17-21)35-28(40)25-19-33-26-18-20(10-15-37(25)26)24-9-13-34-36(24)5;/h7-10,13,15,17-19H,6,11-12,14,16H2,1-5H3,(H,32,39)(H,35,40);1H. The second kappa shape index (κ2) is 11.6. The molecule has 0 unspecified atom stereocenters. The molecular formula is C30H37ClFN7O2. The first kappa shape index (κ1) is 30.2. The fourth-order valence-electron chi connectivity index (χ4n) is 5.95. The molecule has 2 amide bonds. The molecule has 4 aromatic rings. The van der Waals surface area contributed by atoms with Crippen molar-refractivity contribution in [2.45, 2.75) is 58.0 Å². The van der Waals surface area contributed by atoms with Crippen molar-refractivity contribution in [2.24, 2.45) is 7.05 Å². The summed E-state index contributed by atoms with van der Waals surface area (Å²) in [6, 6.07) is 9.58. The summed E-state index contributed by atoms with van der Waals surface area (Å²) in [5.41, 5.74) is 2.93. The lowest BCUT2D eigenvalue weighted by Gasteiger charge is -2.53. The molecule has 1 aromatic carbocycles. The minimum Gasteiger partial charge on any atom is -0.351 e. The van der Waals surface area contributed by atoms with E-state index in [0.717, 1.165) is 24.1 Å². The van der Waals surface area contributed by atoms with E-state index in [0.29, 0.717) is 18.7 Å². The van der Waals surface area contributed by atoms with E-state index in [1.54, 1.807) is 21.5 Å². The van der Waals surface area contributed by atoms with Gasteiger partial charge in [-0.3, -0.25) is 23.6 Å². The summed E-state index contributed by atoms with van der Waals surface area (Å²) in [4.78, 5) is 32.8. The van der Waals surface area contributed by atoms with Crippen molar-refractivity contribution in [2.75, 3.05) is 18.4 Å². The number of anilines is 1. The number of aryl methyl sites for hydroxylation is 1. The van der Waals surface area contributed by atoms with Gasteiger partial charge in [0.2, 0.25) is 0 Å². The van der Waals surface area contributed by atoms with Crippen LogP contribution in [0.15, 0.2) is 55.0 Å². The molecule has 41 heavy (non-hydrogen) atoms. The molecule has 1 aliphatic heterocycles. The molecule has 5 rings (SSSR count). The molecule has 9 nitrogen and oxygen atoms in total. The minimum absolute atomic E-state index is 0. The van der Waals surface area contributed by atoms with E-state index in [4.69, 9.17) is 0 Å². The average molecular weight is 582 g/mol. The Morgan fingerprint density at radius 1 is 1.02 bits per heavy atom. The van der Waals surface area contributed by atoms with Crippen molar-refractivity contribution in [1.82, 2.24) is 29.4 Å². The lowest BCUT2D eigenvalue weighted by Crippen LogP contribution is -2.60. The van der Waals surface area contributed by atoms with Crippen LogP contribution in [-0.2, 0) is 7.05 Å². The summed E-state index contributed by atoms with van der Waals surface area (Å²) in [5, 5.41) is 9.75. The maximum Gasteiger partial charge on any atom is 0.274 e. The maximum absolute atomic E-state index is 14.7. The zero-order valence-corrected chi connectivity index (χ0v) is 24.9. The predicted molar refractivity (Wildman–Crippen MR) is 160 cm³/mol. The van der Waals surface area contributed by atoms with Crippen LogP contribution in [0.4, 0.5) is 10.1 Å². The van der Waals surface area contributed by atoms with Crippen LogP contribution in [-0.4, -0.2) is 60.0 Å². The summed E-state index contributed by atoms with van der Waals surface area (Å²) >= 11 is 0. The molecular weight excluding hydrogens is 545 g/mol. The fourth-order valence-corrected chi connectivity index (χ4v) is 5.95. The summed E-state index contributed by atoms with van der Waals surface area (Å²) in [7, 11) is 1.85. The third kappa shape index (κ3) is 6.13. The molecule has 3 aromatic heterocycles. The first-order chi connectivity index (χ1) is 19.0. The average Bonchev–Trinajstić information content (AvgIpc) is 3.52. The number of aromatic nitrogens is 4. The number of benzene rings is 1. The van der Waals surface area contributed by atoms with Crippen LogP contribution in [0.3, 0.4) is 0 Å². The molecule has 1 fully saturated rings. The van der Waals surface area contributed by atoms with Gasteiger partial charge in [-0.15, -0.1) is 12.4 Å². The number of halogens is 2. The topological polar surface area (TPSA) is 96.6 Å². The van der Waals surface area contributed by atoms with E-state index < -0.39 is 11.7 Å². The zero-order chi connectivity index (χ0) is 28.7. The molecule has 218 valence electrons. The fraction of sp³-hybridized carbons (Fsp3) is 0.400. The van der Waals surface area contributed by atoms with E-state index >= 15 is 0 Å². The lowest BCUT2D eigenvalue weighted by atomic mass is 9.80. The van der Waals surface area contributed by atoms with Gasteiger partial charge in [-0.1, -0.05) is 0 Å². The number of rotatable bonds is 7. The lowest BCUT2D eigenvalue weighted by molar-refractivity contribution is -0.0251. The van der Waals surface area contributed by atoms with Gasteiger partial charge in [0.1, 0.15) is 17.2 Å². The molecule has 2 N–H and O–H groups in total. The van der Waals surface area contributed by atoms with Gasteiger partial charge in [0.05, 0.1) is 17.6 Å². The van der Waals surface area contributed by atoms with Crippen LogP contribution in [0, 0.1) is 5.82 Å². The van der Waals surface area contributed by atoms with E-state index in [1.165, 1.54) is 30.8 Å². The molecule has 1 saturated heterocycles. The summed E-state index contributed by atoms with van der Waals surface area (Å²) in [5.74, 6) is -1.48. The van der Waals surface area contributed by atoms with Crippen molar-refractivity contribution in [3.63, 3.8) is 0 Å². The summed E-state index contributed by atoms with van der Waals surface area (Å²) in [6.07, 6.45) is 8.31. The van der Waals surface area contributed by atoms with Gasteiger partial charge in [-0.25, -0.2) is 9.37 Å². The van der Waals surface area contributed by atoms with Crippen LogP contribution in [0.5, 0.6) is 0 Å². The Bertz CT molecular complexity index is 1560. The van der Waals surface area contributed by atoms with Crippen LogP contribution < -0.4 is 10.6 Å². The Kier molecular flexibility index (Phi) is 8.56. The number of likely N-dealkylation sites (tertiary alicyclic amines) is 1. The number of nitrogens with zero attached hydrogens (tertiary/aromatic N) is 5. The Balaban J connectivity index is 0.00000387. The summed E-state index contributed by atoms with van der Waals surface area (Å²) in [6.45, 7) is 10.2. The molecule has 11 heteroatoms. The number of nitrogens with one attached hydrogen (secondary N) is 2. The van der Waals surface area contributed by atoms with Crippen LogP contribution >= 0.6 is 12.4 Å². The van der Waals surface area contributed by atoms with E-state index in [1.807, 2.05) is 25.2 Å². The Morgan fingerprint density at radius 2 is 1.76 bits per heavy atom. The van der Waals surface area contributed by atoms with Gasteiger partial charge in [-0.2, -0.15) is 5.10 Å². The maximum atomic E-state index is 14.7. The van der Waals surface area contributed by atoms with E-state index in [2.05, 4.69) is 53.3 Å². The number of pyridine rings is 1. The number of imidazole rings is 1. The first-order valence-electron chi connectivity index (χ1n) is 13.6. The number of carbonyl (C=O) groups excluding carboxylic acids is 2. The van der Waals surface area contributed by atoms with Crippen LogP contribution in [0.25, 0.3) is 16.9 Å². The SMILES string of the molecule is Cl.Cn1nccc1-c1ccn2c(C(=O)Nc3cc(C(=O)NCCN4C(C)(C)CCCC4(C)C)ccc3F)cnc2c1. The Morgan fingerprint density at radius 3 is 2.44 bits per heavy atom. The number of hydrogen-bond acceptors (Lipinski definition) is 5. The predicted octanol–water partition coefficient (Wildman–Crippen LogP) is 5.32. The highest BCUT2D eigenvalue weighted by molar-refractivity contribution is 6.04. The van der Waals surface area contributed by atoms with Crippen molar-refractivity contribution in [1.29, 1.82) is 0 Å². The third-order valence-corrected chi connectivity index (χ3v) is 8.00. The molecule has 0 atom stereocenters. The zero-order valence-electron chi connectivity index (χ0n) is 24.1. The van der Waals surface area contributed by atoms with Crippen LogP contribution in [0.1, 0.15) is 67.8 Å². The van der Waals surface area contributed by atoms with Gasteiger partial charge in [-0.05, 0) is 83.4 Å². The van der Waals surface area contributed by atoms with Crippen LogP contribution in [0.2, 0.25) is 0 Å². The minimum atomic E-state index is -0.631. The largest absolute Gasteiger partial charge is 0.351 e. The molecule has 4 heterocycles. The second-order valence-electron chi connectivity index (χ2n) is 11.7. The highest BCUT2D eigenvalue weighted by Gasteiger charge is 2.40. The number of amides is 2. The van der Waals surface area contributed by atoms with Crippen molar-refractivity contribution >= 4 is 35.6 Å². The van der Waals surface area contributed by atoms with Gasteiger partial charge >= 0.3 is 0 Å². The Hall–Kier alpha value is -3.76. The molecule has 0 aliphatic carbocycles. The van der Waals surface area contributed by atoms with Crippen molar-refractivity contribution in [3.05, 3.63) is 72.1 Å². The van der Waals surface area contributed by atoms with Gasteiger partial charge < -0.3 is 10.6 Å². The summed E-state index contributed by atoms with van der Waals surface area (Å²) < 4.78 is 18.1. The molecule has 0 radical (unpaired) electrons. The number of piperidine rings is 1. The third-order valence-electron chi connectivity index (χ3n) is 8.00. The smallest absolute Gasteiger partial charge is 0.274 e. The van der Waals surface area contributed by atoms with Crippen molar-refractivity contribution < 1.29 is 14.0 Å². The molecule has 0 bridgehead atoms. The quantitative estimate of drug-likeness (QED) is 0.308. The molecule has 1 aliphatic rings. The highest BCUT2D eigenvalue weighted by atomic mass is 35.5. The van der Waals surface area contributed by atoms with Gasteiger partial charge in [0.25, 0.3) is 11.8 Å². The van der Waals surface area contributed by atoms with Gasteiger partial charge in [0, 0.05) is 54.7 Å². The van der Waals surface area contributed by atoms with Crippen molar-refractivity contribution in [3.8, 4) is 11.3 Å². The number of fused-ring (bicyclic) bond motifs is 1. The van der Waals surface area contributed by atoms with E-state index in [9.17, 15) is 14.0 Å². The highest BCUT2D eigenvalue weighted by Crippen LogP contribution is 2.37. The Labute approximate surface area is 245 Å². The van der Waals surface area contributed by atoms with E-state index in [-0.39, 0.29) is 46.3 Å². The number of hydrogen-bond donors (Lipinski definition) is 2. The number of carbonyl (C=O) groups is 2. The first-order valence-corrected chi connectivity index (χ1v) is 13.6.